The molecule has 1 unspecified atom stereocenters. The minimum Gasteiger partial charge on any atom is -0.492 e. The van der Waals surface area contributed by atoms with Gasteiger partial charge in [0.2, 0.25) is 11.9 Å². The van der Waals surface area contributed by atoms with Crippen LogP contribution in [0.25, 0.3) is 10.9 Å². The van der Waals surface area contributed by atoms with Crippen molar-refractivity contribution in [3.8, 4) is 5.75 Å². The van der Waals surface area contributed by atoms with Crippen LogP contribution in [0, 0.1) is 6.92 Å². The molecule has 156 valence electrons. The van der Waals surface area contributed by atoms with Crippen molar-refractivity contribution >= 4 is 28.6 Å². The third kappa shape index (κ3) is 3.61. The summed E-state index contributed by atoms with van der Waals surface area (Å²) in [6, 6.07) is 9.50. The molecule has 0 saturated carbocycles. The zero-order valence-corrected chi connectivity index (χ0v) is 17.3. The molecular weight excluding hydrogens is 394 g/mol. The van der Waals surface area contributed by atoms with Crippen molar-refractivity contribution in [3.05, 3.63) is 65.5 Å². The number of anilines is 2. The molecule has 0 fully saturated rings. The van der Waals surface area contributed by atoms with Gasteiger partial charge in [-0.05, 0) is 32.0 Å². The fourth-order valence-electron chi connectivity index (χ4n) is 3.94. The van der Waals surface area contributed by atoms with Crippen LogP contribution in [0.4, 0.5) is 11.9 Å². The smallest absolute Gasteiger partial charge is 0.230 e. The highest BCUT2D eigenvalue weighted by Gasteiger charge is 2.29. The number of ketones is 1. The minimum atomic E-state index is -0.0225. The van der Waals surface area contributed by atoms with E-state index >= 15 is 0 Å². The highest BCUT2D eigenvalue weighted by atomic mass is 16.5. The Hall–Kier alpha value is -3.81. The number of carbonyl (C=O) groups excluding carboxylic acids is 1. The third-order valence-electron chi connectivity index (χ3n) is 5.39. The SMILES string of the molecule is CCOc1cccc2c(C)nc(Nc3ncc4c(n3)CC(c3ccco3)CC4=O)nc12. The molecule has 0 bridgehead atoms. The molecule has 0 amide bonds. The van der Waals surface area contributed by atoms with Crippen molar-refractivity contribution in [1.82, 2.24) is 19.9 Å². The van der Waals surface area contributed by atoms with Crippen molar-refractivity contribution in [2.75, 3.05) is 11.9 Å². The maximum Gasteiger partial charge on any atom is 0.230 e. The fourth-order valence-corrected chi connectivity index (χ4v) is 3.94. The van der Waals surface area contributed by atoms with E-state index in [-0.39, 0.29) is 11.7 Å². The Morgan fingerprint density at radius 2 is 2.03 bits per heavy atom. The molecule has 1 aromatic carbocycles. The second-order valence-corrected chi connectivity index (χ2v) is 7.44. The maximum absolute atomic E-state index is 12.6. The van der Waals surface area contributed by atoms with Gasteiger partial charge < -0.3 is 9.15 Å². The van der Waals surface area contributed by atoms with Crippen LogP contribution in [0.1, 0.15) is 46.8 Å². The lowest BCUT2D eigenvalue weighted by atomic mass is 9.85. The van der Waals surface area contributed by atoms with Crippen LogP contribution < -0.4 is 10.1 Å². The lowest BCUT2D eigenvalue weighted by Gasteiger charge is -2.21. The molecule has 1 N–H and O–H groups in total. The van der Waals surface area contributed by atoms with E-state index in [1.807, 2.05) is 44.2 Å². The first-order valence-electron chi connectivity index (χ1n) is 10.2. The number of fused-ring (bicyclic) bond motifs is 2. The molecule has 0 aliphatic heterocycles. The normalized spacial score (nSPS) is 15.7. The molecule has 3 aromatic heterocycles. The van der Waals surface area contributed by atoms with Crippen molar-refractivity contribution in [2.45, 2.75) is 32.6 Å². The number of aryl methyl sites for hydroxylation is 1. The van der Waals surface area contributed by atoms with E-state index in [0.29, 0.717) is 48.4 Å². The molecule has 4 aromatic rings. The molecule has 8 nitrogen and oxygen atoms in total. The van der Waals surface area contributed by atoms with Crippen molar-refractivity contribution in [3.63, 3.8) is 0 Å². The number of benzene rings is 1. The van der Waals surface area contributed by atoms with Crippen LogP contribution in [0.5, 0.6) is 5.75 Å². The number of carbonyl (C=O) groups is 1. The van der Waals surface area contributed by atoms with Gasteiger partial charge in [-0.15, -0.1) is 0 Å². The van der Waals surface area contributed by atoms with Gasteiger partial charge in [-0.3, -0.25) is 10.1 Å². The van der Waals surface area contributed by atoms with Crippen molar-refractivity contribution in [2.24, 2.45) is 0 Å². The molecule has 3 heterocycles. The molecule has 0 saturated heterocycles. The van der Waals surface area contributed by atoms with E-state index in [4.69, 9.17) is 9.15 Å². The third-order valence-corrected chi connectivity index (χ3v) is 5.39. The second-order valence-electron chi connectivity index (χ2n) is 7.44. The zero-order valence-electron chi connectivity index (χ0n) is 17.3. The van der Waals surface area contributed by atoms with E-state index in [2.05, 4.69) is 25.3 Å². The highest BCUT2D eigenvalue weighted by Crippen LogP contribution is 2.32. The summed E-state index contributed by atoms with van der Waals surface area (Å²) in [5, 5.41) is 4.01. The largest absolute Gasteiger partial charge is 0.492 e. The summed E-state index contributed by atoms with van der Waals surface area (Å²) in [6.45, 7) is 4.40. The Morgan fingerprint density at radius 3 is 2.84 bits per heavy atom. The monoisotopic (exact) mass is 415 g/mol. The summed E-state index contributed by atoms with van der Waals surface area (Å²) in [7, 11) is 0. The summed E-state index contributed by atoms with van der Waals surface area (Å²) in [5.74, 6) is 2.22. The molecule has 1 aliphatic carbocycles. The molecule has 0 spiro atoms. The number of para-hydroxylation sites is 1. The van der Waals surface area contributed by atoms with E-state index in [0.717, 1.165) is 22.4 Å². The minimum absolute atomic E-state index is 0.0216. The quantitative estimate of drug-likeness (QED) is 0.512. The molecular formula is C23H21N5O3. The van der Waals surface area contributed by atoms with Gasteiger partial charge in [-0.1, -0.05) is 12.1 Å². The molecule has 31 heavy (non-hydrogen) atoms. The van der Waals surface area contributed by atoms with Crippen LogP contribution in [-0.4, -0.2) is 32.3 Å². The Kier molecular flexibility index (Phi) is 4.82. The topological polar surface area (TPSA) is 103 Å². The van der Waals surface area contributed by atoms with Gasteiger partial charge in [0.15, 0.2) is 5.78 Å². The predicted octanol–water partition coefficient (Wildman–Crippen LogP) is 4.38. The Bertz CT molecular complexity index is 1270. The fraction of sp³-hybridized carbons (Fsp3) is 0.261. The average Bonchev–Trinajstić information content (AvgIpc) is 3.29. The van der Waals surface area contributed by atoms with E-state index < -0.39 is 0 Å². The Labute approximate surface area is 178 Å². The van der Waals surface area contributed by atoms with Gasteiger partial charge in [0.1, 0.15) is 17.0 Å². The number of aromatic nitrogens is 4. The van der Waals surface area contributed by atoms with Gasteiger partial charge >= 0.3 is 0 Å². The first-order valence-corrected chi connectivity index (χ1v) is 10.2. The van der Waals surface area contributed by atoms with Gasteiger partial charge in [0, 0.05) is 30.3 Å². The van der Waals surface area contributed by atoms with Crippen molar-refractivity contribution < 1.29 is 13.9 Å². The van der Waals surface area contributed by atoms with Crippen LogP contribution in [-0.2, 0) is 6.42 Å². The van der Waals surface area contributed by atoms with Crippen LogP contribution in [0.15, 0.2) is 47.2 Å². The Balaban J connectivity index is 1.47. The van der Waals surface area contributed by atoms with E-state index in [9.17, 15) is 4.79 Å². The summed E-state index contributed by atoms with van der Waals surface area (Å²) in [5.41, 5.74) is 2.80. The number of nitrogens with zero attached hydrogens (tertiary/aromatic N) is 4. The van der Waals surface area contributed by atoms with E-state index in [1.165, 1.54) is 0 Å². The number of Topliss-reactive ketones (excluding diaryl/α,β-unsaturated/α-hetero) is 1. The lowest BCUT2D eigenvalue weighted by molar-refractivity contribution is 0.0958. The molecule has 0 radical (unpaired) electrons. The van der Waals surface area contributed by atoms with Gasteiger partial charge in [-0.2, -0.15) is 0 Å². The Morgan fingerprint density at radius 1 is 1.13 bits per heavy atom. The number of nitrogens with one attached hydrogen (secondary N) is 1. The summed E-state index contributed by atoms with van der Waals surface area (Å²) in [4.78, 5) is 30.6. The molecule has 5 rings (SSSR count). The van der Waals surface area contributed by atoms with Crippen LogP contribution >= 0.6 is 0 Å². The summed E-state index contributed by atoms with van der Waals surface area (Å²) >= 11 is 0. The summed E-state index contributed by atoms with van der Waals surface area (Å²) in [6.07, 6.45) is 4.20. The number of hydrogen-bond donors (Lipinski definition) is 1. The first-order chi connectivity index (χ1) is 15.1. The average molecular weight is 415 g/mol. The van der Waals surface area contributed by atoms with Gasteiger partial charge in [0.25, 0.3) is 0 Å². The first kappa shape index (κ1) is 19.2. The molecule has 1 atom stereocenters. The summed E-state index contributed by atoms with van der Waals surface area (Å²) < 4.78 is 11.2. The number of ether oxygens (including phenoxy) is 1. The number of rotatable bonds is 5. The number of hydrogen-bond acceptors (Lipinski definition) is 8. The zero-order chi connectivity index (χ0) is 21.4. The predicted molar refractivity (Wildman–Crippen MR) is 115 cm³/mol. The van der Waals surface area contributed by atoms with Crippen LogP contribution in [0.3, 0.4) is 0 Å². The van der Waals surface area contributed by atoms with Crippen molar-refractivity contribution in [1.29, 1.82) is 0 Å². The molecule has 1 aliphatic rings. The van der Waals surface area contributed by atoms with E-state index in [1.54, 1.807) is 12.5 Å². The molecule has 8 heteroatoms. The standard InChI is InChI=1S/C23H21N5O3/c1-3-30-20-7-4-6-15-13(2)25-23(27-21(15)20)28-22-24-12-16-17(26-22)10-14(11-18(16)29)19-8-5-9-31-19/h4-9,12,14H,3,10-11H2,1-2H3,(H,24,25,26,27,28). The highest BCUT2D eigenvalue weighted by molar-refractivity contribution is 5.98. The van der Waals surface area contributed by atoms with Gasteiger partial charge in [0.05, 0.1) is 29.8 Å². The van der Waals surface area contributed by atoms with Gasteiger partial charge in [-0.25, -0.2) is 19.9 Å². The van der Waals surface area contributed by atoms with Crippen LogP contribution in [0.2, 0.25) is 0 Å². The number of furan rings is 1. The second kappa shape index (κ2) is 7.79. The maximum atomic E-state index is 12.6. The lowest BCUT2D eigenvalue weighted by Crippen LogP contribution is -2.21.